The van der Waals surface area contributed by atoms with Crippen LogP contribution in [0.15, 0.2) is 29.0 Å². The minimum absolute atomic E-state index is 0.262. The number of aromatic amines is 1. The summed E-state index contributed by atoms with van der Waals surface area (Å²) in [7, 11) is 0. The lowest BCUT2D eigenvalue weighted by atomic mass is 10.3. The van der Waals surface area contributed by atoms with Gasteiger partial charge in [-0.2, -0.15) is 10.1 Å². The molecule has 0 aliphatic heterocycles. The van der Waals surface area contributed by atoms with Crippen molar-refractivity contribution in [2.45, 2.75) is 0 Å². The molecule has 0 saturated heterocycles. The van der Waals surface area contributed by atoms with Crippen molar-refractivity contribution < 1.29 is 4.52 Å². The first-order valence-corrected chi connectivity index (χ1v) is 5.37. The van der Waals surface area contributed by atoms with E-state index in [2.05, 4.69) is 25.3 Å². The molecule has 3 aromatic rings. The normalized spacial score (nSPS) is 10.7. The van der Waals surface area contributed by atoms with Crippen molar-refractivity contribution in [3.05, 3.63) is 29.5 Å². The number of H-pyrrole nitrogens is 1. The van der Waals surface area contributed by atoms with Gasteiger partial charge in [0.2, 0.25) is 5.82 Å². The van der Waals surface area contributed by atoms with Crippen molar-refractivity contribution in [2.75, 3.05) is 5.73 Å². The van der Waals surface area contributed by atoms with Gasteiger partial charge < -0.3 is 10.3 Å². The number of hydrogen-bond donors (Lipinski definition) is 2. The molecule has 0 atom stereocenters. The van der Waals surface area contributed by atoms with Crippen LogP contribution in [0.2, 0.25) is 5.02 Å². The van der Waals surface area contributed by atoms with Crippen LogP contribution in [-0.4, -0.2) is 25.3 Å². The Bertz CT molecular complexity index is 691. The molecule has 8 heteroatoms. The van der Waals surface area contributed by atoms with Gasteiger partial charge in [0.1, 0.15) is 17.1 Å². The van der Waals surface area contributed by atoms with Gasteiger partial charge in [0.15, 0.2) is 0 Å². The zero-order valence-electron chi connectivity index (χ0n) is 8.96. The second kappa shape index (κ2) is 4.11. The summed E-state index contributed by atoms with van der Waals surface area (Å²) >= 11 is 6.00. The fourth-order valence-electron chi connectivity index (χ4n) is 1.45. The van der Waals surface area contributed by atoms with Gasteiger partial charge in [-0.05, 0) is 12.1 Å². The topological polar surface area (TPSA) is 107 Å². The third-order valence-corrected chi connectivity index (χ3v) is 2.60. The number of rotatable bonds is 2. The van der Waals surface area contributed by atoms with E-state index >= 15 is 0 Å². The van der Waals surface area contributed by atoms with Gasteiger partial charge >= 0.3 is 0 Å². The van der Waals surface area contributed by atoms with Crippen LogP contribution in [0, 0.1) is 0 Å². The van der Waals surface area contributed by atoms with E-state index in [1.54, 1.807) is 18.3 Å². The maximum absolute atomic E-state index is 6.00. The highest BCUT2D eigenvalue weighted by molar-refractivity contribution is 6.32. The number of halogens is 1. The largest absolute Gasteiger partial charge is 0.383 e. The molecular weight excluding hydrogens is 256 g/mol. The van der Waals surface area contributed by atoms with Gasteiger partial charge in [0.05, 0.1) is 11.2 Å². The average Bonchev–Trinajstić information content (AvgIpc) is 2.98. The highest BCUT2D eigenvalue weighted by atomic mass is 35.5. The molecule has 0 spiro atoms. The molecule has 18 heavy (non-hydrogen) atoms. The predicted molar refractivity (Wildman–Crippen MR) is 64.5 cm³/mol. The second-order valence-corrected chi connectivity index (χ2v) is 3.86. The lowest BCUT2D eigenvalue weighted by molar-refractivity contribution is 0.432. The zero-order valence-corrected chi connectivity index (χ0v) is 9.72. The summed E-state index contributed by atoms with van der Waals surface area (Å²) in [5.41, 5.74) is 6.66. The molecule has 0 unspecified atom stereocenters. The Morgan fingerprint density at radius 1 is 1.39 bits per heavy atom. The van der Waals surface area contributed by atoms with Crippen LogP contribution in [0.25, 0.3) is 23.0 Å². The van der Waals surface area contributed by atoms with Crippen LogP contribution in [0.3, 0.4) is 0 Å². The molecule has 0 bridgehead atoms. The van der Waals surface area contributed by atoms with Gasteiger partial charge in [0, 0.05) is 6.20 Å². The number of aromatic nitrogens is 5. The summed E-state index contributed by atoms with van der Waals surface area (Å²) in [5, 5.41) is 10.6. The Labute approximate surface area is 106 Å². The number of nitrogens with one attached hydrogen (secondary N) is 1. The summed E-state index contributed by atoms with van der Waals surface area (Å²) in [6, 6.07) is 3.42. The standard InChI is InChI=1S/C10H7ClN6O/c11-6-2-1-3-13-7(6)9-15-10(18-17-9)5-4-14-16-8(5)12/h1-4H,(H3,12,14,16). The van der Waals surface area contributed by atoms with Gasteiger partial charge in [-0.3, -0.25) is 10.1 Å². The number of hydrogen-bond acceptors (Lipinski definition) is 6. The monoisotopic (exact) mass is 262 g/mol. The summed E-state index contributed by atoms with van der Waals surface area (Å²) in [6.07, 6.45) is 3.11. The summed E-state index contributed by atoms with van der Waals surface area (Å²) in [6.45, 7) is 0. The Balaban J connectivity index is 2.05. The quantitative estimate of drug-likeness (QED) is 0.729. The van der Waals surface area contributed by atoms with Crippen LogP contribution >= 0.6 is 11.6 Å². The number of nitrogens with two attached hydrogens (primary N) is 1. The fourth-order valence-corrected chi connectivity index (χ4v) is 1.65. The summed E-state index contributed by atoms with van der Waals surface area (Å²) < 4.78 is 5.10. The van der Waals surface area contributed by atoms with E-state index in [0.29, 0.717) is 27.9 Å². The number of nitrogen functional groups attached to an aromatic ring is 1. The van der Waals surface area contributed by atoms with E-state index in [-0.39, 0.29) is 5.89 Å². The predicted octanol–water partition coefficient (Wildman–Crippen LogP) is 1.76. The molecule has 3 rings (SSSR count). The molecule has 0 saturated carbocycles. The lowest BCUT2D eigenvalue weighted by Gasteiger charge is -1.94. The van der Waals surface area contributed by atoms with Crippen LogP contribution in [0.1, 0.15) is 0 Å². The first kappa shape index (κ1) is 10.7. The van der Waals surface area contributed by atoms with Crippen molar-refractivity contribution in [1.29, 1.82) is 0 Å². The molecular formula is C10H7ClN6O. The van der Waals surface area contributed by atoms with Crippen LogP contribution in [0.5, 0.6) is 0 Å². The Morgan fingerprint density at radius 2 is 2.28 bits per heavy atom. The first-order valence-electron chi connectivity index (χ1n) is 4.99. The molecule has 0 aliphatic rings. The molecule has 3 aromatic heterocycles. The molecule has 0 amide bonds. The van der Waals surface area contributed by atoms with E-state index in [9.17, 15) is 0 Å². The molecule has 0 aromatic carbocycles. The number of anilines is 1. The Hall–Kier alpha value is -2.41. The van der Waals surface area contributed by atoms with E-state index in [1.807, 2.05) is 0 Å². The first-order chi connectivity index (χ1) is 8.75. The smallest absolute Gasteiger partial charge is 0.263 e. The molecule has 0 radical (unpaired) electrons. The maximum atomic E-state index is 6.00. The molecule has 7 nitrogen and oxygen atoms in total. The minimum atomic E-state index is 0.262. The van der Waals surface area contributed by atoms with E-state index < -0.39 is 0 Å². The van der Waals surface area contributed by atoms with Crippen molar-refractivity contribution >= 4 is 17.4 Å². The highest BCUT2D eigenvalue weighted by Gasteiger charge is 2.16. The fraction of sp³-hybridized carbons (Fsp3) is 0. The lowest BCUT2D eigenvalue weighted by Crippen LogP contribution is -1.88. The minimum Gasteiger partial charge on any atom is -0.383 e. The third-order valence-electron chi connectivity index (χ3n) is 2.30. The van der Waals surface area contributed by atoms with Gasteiger partial charge in [-0.25, -0.2) is 0 Å². The highest BCUT2D eigenvalue weighted by Crippen LogP contribution is 2.27. The Morgan fingerprint density at radius 3 is 3.00 bits per heavy atom. The Kier molecular flexibility index (Phi) is 2.45. The SMILES string of the molecule is Nc1[nH]ncc1-c1nc(-c2ncccc2Cl)no1. The van der Waals surface area contributed by atoms with Gasteiger partial charge in [-0.1, -0.05) is 16.8 Å². The van der Waals surface area contributed by atoms with Gasteiger partial charge in [0.25, 0.3) is 5.89 Å². The molecule has 90 valence electrons. The number of nitrogens with zero attached hydrogens (tertiary/aromatic N) is 4. The van der Waals surface area contributed by atoms with Crippen LogP contribution in [-0.2, 0) is 0 Å². The van der Waals surface area contributed by atoms with E-state index in [1.165, 1.54) is 6.20 Å². The van der Waals surface area contributed by atoms with Gasteiger partial charge in [-0.15, -0.1) is 0 Å². The maximum Gasteiger partial charge on any atom is 0.263 e. The van der Waals surface area contributed by atoms with Crippen molar-refractivity contribution in [3.63, 3.8) is 0 Å². The van der Waals surface area contributed by atoms with Crippen LogP contribution in [0.4, 0.5) is 5.82 Å². The zero-order chi connectivity index (χ0) is 12.5. The van der Waals surface area contributed by atoms with Crippen LogP contribution < -0.4 is 5.73 Å². The summed E-state index contributed by atoms with van der Waals surface area (Å²) in [5.74, 6) is 0.923. The third kappa shape index (κ3) is 1.70. The molecule has 3 heterocycles. The van der Waals surface area contributed by atoms with Crippen molar-refractivity contribution in [1.82, 2.24) is 25.3 Å². The molecule has 0 fully saturated rings. The average molecular weight is 263 g/mol. The van der Waals surface area contributed by atoms with Crippen molar-refractivity contribution in [2.24, 2.45) is 0 Å². The summed E-state index contributed by atoms with van der Waals surface area (Å²) in [4.78, 5) is 8.27. The van der Waals surface area contributed by atoms with E-state index in [4.69, 9.17) is 21.9 Å². The van der Waals surface area contributed by atoms with E-state index in [0.717, 1.165) is 0 Å². The number of pyridine rings is 1. The molecule has 0 aliphatic carbocycles. The molecule has 3 N–H and O–H groups in total. The van der Waals surface area contributed by atoms with Crippen molar-refractivity contribution in [3.8, 4) is 23.0 Å². The second-order valence-electron chi connectivity index (χ2n) is 3.45.